The van der Waals surface area contributed by atoms with Gasteiger partial charge in [0.15, 0.2) is 0 Å². The summed E-state index contributed by atoms with van der Waals surface area (Å²) in [5.41, 5.74) is 2.53. The summed E-state index contributed by atoms with van der Waals surface area (Å²) < 4.78 is 14.3. The minimum atomic E-state index is -1.10. The van der Waals surface area contributed by atoms with Gasteiger partial charge in [-0.3, -0.25) is 0 Å². The van der Waals surface area contributed by atoms with Gasteiger partial charge in [-0.15, -0.1) is 0 Å². The summed E-state index contributed by atoms with van der Waals surface area (Å²) in [6.07, 6.45) is 0. The Morgan fingerprint density at radius 3 is 1.69 bits per heavy atom. The summed E-state index contributed by atoms with van der Waals surface area (Å²) in [5, 5.41) is 10.3. The molecule has 0 aliphatic heterocycles. The molecule has 0 aromatic heterocycles. The van der Waals surface area contributed by atoms with Crippen LogP contribution >= 0.6 is 0 Å². The Kier molecular flexibility index (Phi) is 11.7. The molecule has 3 aromatic rings. The first-order valence-electron chi connectivity index (χ1n) is 8.78. The first-order chi connectivity index (χ1) is 12.4. The minimum Gasteiger partial charge on any atom is -1.00 e. The van der Waals surface area contributed by atoms with E-state index >= 15 is 0 Å². The van der Waals surface area contributed by atoms with Crippen molar-refractivity contribution in [2.75, 3.05) is 4.90 Å². The molecule has 2 nitrogen and oxygen atoms in total. The van der Waals surface area contributed by atoms with Crippen molar-refractivity contribution in [1.29, 1.82) is 0 Å². The second-order valence-corrected chi connectivity index (χ2v) is 7.08. The smallest absolute Gasteiger partial charge is 1.00 e. The van der Waals surface area contributed by atoms with Gasteiger partial charge in [-0.2, -0.15) is 0 Å². The van der Waals surface area contributed by atoms with Crippen LogP contribution in [0.25, 0.3) is 0 Å². The second-order valence-electron chi connectivity index (χ2n) is 7.08. The largest absolute Gasteiger partial charge is 2.00 e. The zero-order chi connectivity index (χ0) is 18.6. The molecule has 150 valence electrons. The maximum atomic E-state index is 14.3. The number of hydrogen-bond acceptors (Lipinski definition) is 2. The van der Waals surface area contributed by atoms with Crippen molar-refractivity contribution in [1.82, 2.24) is 0 Å². The number of rotatable bonds is 6. The van der Waals surface area contributed by atoms with Crippen molar-refractivity contribution in [2.24, 2.45) is 0 Å². The SMILES string of the molecule is CC(C)(O)c1cc(F)cc(N(Cc2ccccc2)Cc2ccccc2)c1.[Br-].[CH3-].[Mg+2]. The van der Waals surface area contributed by atoms with Gasteiger partial charge >= 0.3 is 23.1 Å². The van der Waals surface area contributed by atoms with Crippen LogP contribution in [0.4, 0.5) is 10.1 Å². The molecule has 1 N–H and O–H groups in total. The van der Waals surface area contributed by atoms with Crippen molar-refractivity contribution >= 4 is 28.7 Å². The Morgan fingerprint density at radius 2 is 1.28 bits per heavy atom. The Bertz CT molecular complexity index is 812. The number of halogens is 2. The average Bonchev–Trinajstić information content (AvgIpc) is 2.62. The van der Waals surface area contributed by atoms with Crippen LogP contribution in [0.15, 0.2) is 78.9 Å². The van der Waals surface area contributed by atoms with E-state index in [0.717, 1.165) is 16.8 Å². The Hall–Kier alpha value is -1.40. The molecule has 0 heterocycles. The molecular formula is C24H27BrFMgNO. The van der Waals surface area contributed by atoms with E-state index in [-0.39, 0.29) is 53.3 Å². The van der Waals surface area contributed by atoms with E-state index in [1.807, 2.05) is 42.5 Å². The van der Waals surface area contributed by atoms with Crippen molar-refractivity contribution in [3.63, 3.8) is 0 Å². The third kappa shape index (κ3) is 8.09. The molecule has 0 bridgehead atoms. The monoisotopic (exact) mass is 467 g/mol. The van der Waals surface area contributed by atoms with E-state index in [2.05, 4.69) is 29.2 Å². The third-order valence-corrected chi connectivity index (χ3v) is 4.39. The van der Waals surface area contributed by atoms with Gasteiger partial charge in [0.1, 0.15) is 5.82 Å². The van der Waals surface area contributed by atoms with Gasteiger partial charge in [0.2, 0.25) is 0 Å². The number of aliphatic hydroxyl groups is 1. The normalized spacial score (nSPS) is 10.2. The van der Waals surface area contributed by atoms with Crippen LogP contribution in [0.2, 0.25) is 0 Å². The van der Waals surface area contributed by atoms with E-state index in [1.165, 1.54) is 12.1 Å². The van der Waals surface area contributed by atoms with Gasteiger partial charge in [-0.1, -0.05) is 60.7 Å². The zero-order valence-corrected chi connectivity index (χ0v) is 20.3. The summed E-state index contributed by atoms with van der Waals surface area (Å²) in [6, 6.07) is 25.0. The summed E-state index contributed by atoms with van der Waals surface area (Å²) in [6.45, 7) is 4.66. The number of hydrogen-bond donors (Lipinski definition) is 1. The van der Waals surface area contributed by atoms with E-state index < -0.39 is 5.60 Å². The fourth-order valence-corrected chi connectivity index (χ4v) is 2.96. The molecule has 0 amide bonds. The summed E-state index contributed by atoms with van der Waals surface area (Å²) in [5.74, 6) is -0.342. The Labute approximate surface area is 200 Å². The molecule has 0 unspecified atom stereocenters. The van der Waals surface area contributed by atoms with Gasteiger partial charge in [-0.05, 0) is 48.7 Å². The maximum absolute atomic E-state index is 14.3. The van der Waals surface area contributed by atoms with Crippen LogP contribution in [0, 0.1) is 13.2 Å². The fraction of sp³-hybridized carbons (Fsp3) is 0.208. The summed E-state index contributed by atoms with van der Waals surface area (Å²) in [7, 11) is 0. The standard InChI is InChI=1S/C23H24FNO.CH3.BrH.Mg/c1-23(2,26)20-13-21(24)15-22(14-20)25(16-18-9-5-3-6-10-18)17-19-11-7-4-8-12-19;;;/h3-15,26H,16-17H2,1-2H3;1H3;1H;/q;-1;;+2/p-1. The van der Waals surface area contributed by atoms with E-state index in [1.54, 1.807) is 13.8 Å². The predicted octanol–water partition coefficient (Wildman–Crippen LogP) is 2.33. The quantitative estimate of drug-likeness (QED) is 0.443. The van der Waals surface area contributed by atoms with E-state index in [0.29, 0.717) is 18.7 Å². The molecule has 0 fully saturated rings. The van der Waals surface area contributed by atoms with Gasteiger partial charge in [0.25, 0.3) is 0 Å². The molecule has 3 rings (SSSR count). The number of anilines is 1. The van der Waals surface area contributed by atoms with Crippen molar-refractivity contribution in [3.05, 3.63) is 109 Å². The molecule has 0 atom stereocenters. The van der Waals surface area contributed by atoms with Crippen molar-refractivity contribution < 1.29 is 26.5 Å². The minimum absolute atomic E-state index is 0. The van der Waals surface area contributed by atoms with Crippen LogP contribution in [0.1, 0.15) is 30.5 Å². The molecule has 3 aromatic carbocycles. The number of benzene rings is 3. The van der Waals surface area contributed by atoms with Crippen molar-refractivity contribution in [3.8, 4) is 0 Å². The zero-order valence-electron chi connectivity index (χ0n) is 17.3. The summed E-state index contributed by atoms with van der Waals surface area (Å²) >= 11 is 0. The molecule has 29 heavy (non-hydrogen) atoms. The molecule has 5 heteroatoms. The van der Waals surface area contributed by atoms with Crippen LogP contribution in [-0.4, -0.2) is 28.2 Å². The fourth-order valence-electron chi connectivity index (χ4n) is 2.96. The van der Waals surface area contributed by atoms with Gasteiger partial charge in [0, 0.05) is 18.8 Å². The number of nitrogens with zero attached hydrogens (tertiary/aromatic N) is 1. The van der Waals surface area contributed by atoms with E-state index in [9.17, 15) is 9.50 Å². The topological polar surface area (TPSA) is 23.5 Å². The van der Waals surface area contributed by atoms with Gasteiger partial charge < -0.3 is 34.4 Å². The van der Waals surface area contributed by atoms with Crippen LogP contribution in [0.3, 0.4) is 0 Å². The van der Waals surface area contributed by atoms with Gasteiger partial charge in [0.05, 0.1) is 5.60 Å². The van der Waals surface area contributed by atoms with Gasteiger partial charge in [-0.25, -0.2) is 4.39 Å². The molecule has 0 spiro atoms. The molecule has 0 aliphatic carbocycles. The molecule has 0 saturated heterocycles. The molecular weight excluding hydrogens is 441 g/mol. The third-order valence-electron chi connectivity index (χ3n) is 4.39. The average molecular weight is 469 g/mol. The second kappa shape index (κ2) is 12.3. The maximum Gasteiger partial charge on any atom is 2.00 e. The first-order valence-corrected chi connectivity index (χ1v) is 8.78. The van der Waals surface area contributed by atoms with Crippen LogP contribution < -0.4 is 21.9 Å². The molecule has 0 aliphatic rings. The van der Waals surface area contributed by atoms with Crippen LogP contribution in [-0.2, 0) is 18.7 Å². The van der Waals surface area contributed by atoms with E-state index in [4.69, 9.17) is 0 Å². The Balaban J connectivity index is 0.00000261. The van der Waals surface area contributed by atoms with Crippen LogP contribution in [0.5, 0.6) is 0 Å². The first kappa shape index (κ1) is 27.6. The van der Waals surface area contributed by atoms with Crippen molar-refractivity contribution in [2.45, 2.75) is 32.5 Å². The molecule has 0 saturated carbocycles. The molecule has 0 radical (unpaired) electrons. The Morgan fingerprint density at radius 1 is 0.828 bits per heavy atom. The summed E-state index contributed by atoms with van der Waals surface area (Å²) in [4.78, 5) is 2.13. The predicted molar refractivity (Wildman–Crippen MR) is 117 cm³/mol.